The first kappa shape index (κ1) is 24.6. The number of para-hydroxylation sites is 1. The van der Waals surface area contributed by atoms with Gasteiger partial charge in [0.15, 0.2) is 0 Å². The van der Waals surface area contributed by atoms with Gasteiger partial charge in [-0.2, -0.15) is 0 Å². The number of anilines is 1. The van der Waals surface area contributed by atoms with Crippen molar-refractivity contribution in [2.75, 3.05) is 11.9 Å². The molecule has 0 aliphatic carbocycles. The van der Waals surface area contributed by atoms with Crippen LogP contribution >= 0.6 is 23.4 Å². The molecule has 0 saturated carbocycles. The Morgan fingerprint density at radius 3 is 2.57 bits per heavy atom. The Bertz CT molecular complexity index is 1340. The molecule has 0 atom stereocenters. The van der Waals surface area contributed by atoms with E-state index in [4.69, 9.17) is 16.3 Å². The molecule has 3 aromatic rings. The monoisotopic (exact) mass is 506 g/mol. The molecular weight excluding hydrogens is 484 g/mol. The maximum Gasteiger partial charge on any atom is 0.294 e. The third-order valence-corrected chi connectivity index (χ3v) is 6.65. The van der Waals surface area contributed by atoms with Gasteiger partial charge in [0, 0.05) is 21.8 Å². The predicted molar refractivity (Wildman–Crippen MR) is 139 cm³/mol. The SMILES string of the molecule is Cc1ccc(NC(=O)CN2C(=O)S/C(=C/c3ccccc3OCc3ccccc3Cl)C2=O)c(C)c1. The summed E-state index contributed by atoms with van der Waals surface area (Å²) in [7, 11) is 0. The molecule has 3 amide bonds. The lowest BCUT2D eigenvalue weighted by Crippen LogP contribution is -2.36. The zero-order valence-electron chi connectivity index (χ0n) is 19.2. The number of nitrogens with one attached hydrogen (secondary N) is 1. The zero-order chi connectivity index (χ0) is 24.9. The highest BCUT2D eigenvalue weighted by Gasteiger charge is 2.36. The number of nitrogens with zero attached hydrogens (tertiary/aromatic N) is 1. The summed E-state index contributed by atoms with van der Waals surface area (Å²) in [5, 5.41) is 2.88. The van der Waals surface area contributed by atoms with Crippen LogP contribution in [0.4, 0.5) is 10.5 Å². The lowest BCUT2D eigenvalue weighted by molar-refractivity contribution is -0.127. The van der Waals surface area contributed by atoms with Crippen molar-refractivity contribution in [2.45, 2.75) is 20.5 Å². The first-order valence-electron chi connectivity index (χ1n) is 10.9. The summed E-state index contributed by atoms with van der Waals surface area (Å²) < 4.78 is 5.94. The minimum absolute atomic E-state index is 0.225. The molecule has 1 saturated heterocycles. The van der Waals surface area contributed by atoms with E-state index in [1.807, 2.05) is 56.3 Å². The van der Waals surface area contributed by atoms with Crippen LogP contribution in [0.3, 0.4) is 0 Å². The van der Waals surface area contributed by atoms with Gasteiger partial charge in [-0.3, -0.25) is 19.3 Å². The average molecular weight is 507 g/mol. The van der Waals surface area contributed by atoms with Gasteiger partial charge in [0.25, 0.3) is 11.1 Å². The normalized spacial score (nSPS) is 14.5. The molecule has 0 unspecified atom stereocenters. The topological polar surface area (TPSA) is 75.7 Å². The third kappa shape index (κ3) is 5.93. The molecule has 4 rings (SSSR count). The van der Waals surface area contributed by atoms with Crippen molar-refractivity contribution in [1.82, 2.24) is 4.90 Å². The Kier molecular flexibility index (Phi) is 7.58. The number of hydrogen-bond acceptors (Lipinski definition) is 5. The second kappa shape index (κ2) is 10.8. The van der Waals surface area contributed by atoms with Gasteiger partial charge in [-0.1, -0.05) is 65.7 Å². The first-order chi connectivity index (χ1) is 16.8. The Hall–Kier alpha value is -3.55. The van der Waals surface area contributed by atoms with Crippen LogP contribution in [0.2, 0.25) is 5.02 Å². The van der Waals surface area contributed by atoms with Crippen LogP contribution in [-0.2, 0) is 16.2 Å². The molecule has 35 heavy (non-hydrogen) atoms. The van der Waals surface area contributed by atoms with Crippen LogP contribution < -0.4 is 10.1 Å². The molecule has 178 valence electrons. The van der Waals surface area contributed by atoms with Crippen molar-refractivity contribution < 1.29 is 19.1 Å². The number of halogens is 1. The molecule has 6 nitrogen and oxygen atoms in total. The summed E-state index contributed by atoms with van der Waals surface area (Å²) in [6.45, 7) is 3.74. The largest absolute Gasteiger partial charge is 0.488 e. The van der Waals surface area contributed by atoms with Crippen LogP contribution in [0.15, 0.2) is 71.6 Å². The molecule has 0 bridgehead atoms. The van der Waals surface area contributed by atoms with E-state index in [9.17, 15) is 14.4 Å². The van der Waals surface area contributed by atoms with E-state index in [0.717, 1.165) is 33.4 Å². The van der Waals surface area contributed by atoms with Crippen LogP contribution in [-0.4, -0.2) is 28.5 Å². The Labute approximate surface area is 212 Å². The maximum atomic E-state index is 12.9. The molecule has 1 aliphatic rings. The fourth-order valence-electron chi connectivity index (χ4n) is 3.57. The van der Waals surface area contributed by atoms with Gasteiger partial charge in [0.1, 0.15) is 18.9 Å². The van der Waals surface area contributed by atoms with Crippen LogP contribution in [0.25, 0.3) is 6.08 Å². The number of imide groups is 1. The number of rotatable bonds is 7. The lowest BCUT2D eigenvalue weighted by atomic mass is 10.1. The van der Waals surface area contributed by atoms with Gasteiger partial charge in [-0.25, -0.2) is 0 Å². The molecule has 1 fully saturated rings. The molecule has 1 heterocycles. The van der Waals surface area contributed by atoms with E-state index in [-0.39, 0.29) is 18.1 Å². The number of hydrogen-bond donors (Lipinski definition) is 1. The number of thioether (sulfide) groups is 1. The maximum absolute atomic E-state index is 12.9. The van der Waals surface area contributed by atoms with Crippen molar-refractivity contribution in [1.29, 1.82) is 0 Å². The summed E-state index contributed by atoms with van der Waals surface area (Å²) in [5.74, 6) is -0.410. The van der Waals surface area contributed by atoms with E-state index in [1.54, 1.807) is 30.3 Å². The van der Waals surface area contributed by atoms with Crippen molar-refractivity contribution in [3.63, 3.8) is 0 Å². The fourth-order valence-corrected chi connectivity index (χ4v) is 4.59. The summed E-state index contributed by atoms with van der Waals surface area (Å²) in [5.41, 5.74) is 4.10. The second-order valence-electron chi connectivity index (χ2n) is 8.05. The van der Waals surface area contributed by atoms with E-state index >= 15 is 0 Å². The number of amides is 3. The van der Waals surface area contributed by atoms with E-state index < -0.39 is 17.1 Å². The van der Waals surface area contributed by atoms with Crippen LogP contribution in [0, 0.1) is 13.8 Å². The number of benzene rings is 3. The number of carbonyl (C=O) groups excluding carboxylic acids is 3. The summed E-state index contributed by atoms with van der Waals surface area (Å²) in [6.07, 6.45) is 1.61. The van der Waals surface area contributed by atoms with Gasteiger partial charge < -0.3 is 10.1 Å². The first-order valence-corrected chi connectivity index (χ1v) is 12.1. The van der Waals surface area contributed by atoms with Gasteiger partial charge in [0.2, 0.25) is 5.91 Å². The molecule has 8 heteroatoms. The van der Waals surface area contributed by atoms with Crippen molar-refractivity contribution >= 4 is 52.2 Å². The van der Waals surface area contributed by atoms with Crippen molar-refractivity contribution in [3.8, 4) is 5.75 Å². The number of carbonyl (C=O) groups is 3. The number of aryl methyl sites for hydroxylation is 2. The van der Waals surface area contributed by atoms with Gasteiger partial charge in [0.05, 0.1) is 4.91 Å². The smallest absolute Gasteiger partial charge is 0.294 e. The second-order valence-corrected chi connectivity index (χ2v) is 9.45. The summed E-state index contributed by atoms with van der Waals surface area (Å²) >= 11 is 7.01. The predicted octanol–water partition coefficient (Wildman–Crippen LogP) is 6.21. The summed E-state index contributed by atoms with van der Waals surface area (Å²) in [6, 6.07) is 20.2. The van der Waals surface area contributed by atoms with Crippen molar-refractivity contribution in [2.24, 2.45) is 0 Å². The quantitative estimate of drug-likeness (QED) is 0.385. The standard InChI is InChI=1S/C27H23ClN2O4S/c1-17-11-12-22(18(2)13-17)29-25(31)15-30-26(32)24(35-27(30)33)14-19-7-4-6-10-23(19)34-16-20-8-3-5-9-21(20)28/h3-14H,15-16H2,1-2H3,(H,29,31)/b24-14+. The van der Waals surface area contributed by atoms with E-state index in [2.05, 4.69) is 5.32 Å². The highest BCUT2D eigenvalue weighted by atomic mass is 35.5. The zero-order valence-corrected chi connectivity index (χ0v) is 20.8. The molecule has 0 aromatic heterocycles. The molecule has 1 N–H and O–H groups in total. The van der Waals surface area contributed by atoms with Crippen molar-refractivity contribution in [3.05, 3.63) is 98.9 Å². The average Bonchev–Trinajstić information content (AvgIpc) is 3.08. The Morgan fingerprint density at radius 2 is 1.80 bits per heavy atom. The Balaban J connectivity index is 1.46. The van der Waals surface area contributed by atoms with Crippen LogP contribution in [0.1, 0.15) is 22.3 Å². The molecule has 1 aliphatic heterocycles. The van der Waals surface area contributed by atoms with Crippen LogP contribution in [0.5, 0.6) is 5.75 Å². The summed E-state index contributed by atoms with van der Waals surface area (Å²) in [4.78, 5) is 39.2. The van der Waals surface area contributed by atoms with Gasteiger partial charge in [-0.05, 0) is 55.4 Å². The minimum Gasteiger partial charge on any atom is -0.488 e. The van der Waals surface area contributed by atoms with E-state index in [1.165, 1.54) is 0 Å². The minimum atomic E-state index is -0.517. The highest BCUT2D eigenvalue weighted by molar-refractivity contribution is 8.18. The Morgan fingerprint density at radius 1 is 1.06 bits per heavy atom. The van der Waals surface area contributed by atoms with E-state index in [0.29, 0.717) is 22.0 Å². The highest BCUT2D eigenvalue weighted by Crippen LogP contribution is 2.34. The lowest BCUT2D eigenvalue weighted by Gasteiger charge is -2.14. The number of ether oxygens (including phenoxy) is 1. The molecule has 0 radical (unpaired) electrons. The molecule has 3 aromatic carbocycles. The third-order valence-electron chi connectivity index (χ3n) is 5.38. The van der Waals surface area contributed by atoms with Gasteiger partial charge in [-0.15, -0.1) is 0 Å². The fraction of sp³-hybridized carbons (Fsp3) is 0.148. The molecular formula is C27H23ClN2O4S. The van der Waals surface area contributed by atoms with Gasteiger partial charge >= 0.3 is 0 Å². The molecule has 0 spiro atoms.